The van der Waals surface area contributed by atoms with Crippen molar-refractivity contribution in [1.82, 2.24) is 14.8 Å². The Kier molecular flexibility index (Phi) is 5.07. The summed E-state index contributed by atoms with van der Waals surface area (Å²) in [6.07, 6.45) is 2.40. The molecule has 1 aliphatic heterocycles. The number of nitrogens with zero attached hydrogens (tertiary/aromatic N) is 2. The molecule has 6 nitrogen and oxygen atoms in total. The zero-order valence-corrected chi connectivity index (χ0v) is 15.1. The van der Waals surface area contributed by atoms with Gasteiger partial charge in [0.05, 0.1) is 11.6 Å². The highest BCUT2D eigenvalue weighted by Crippen LogP contribution is 2.18. The van der Waals surface area contributed by atoms with Crippen molar-refractivity contribution in [3.63, 3.8) is 0 Å². The van der Waals surface area contributed by atoms with Crippen molar-refractivity contribution >= 4 is 17.0 Å². The van der Waals surface area contributed by atoms with Crippen LogP contribution in [0.25, 0.3) is 11.1 Å². The number of hydrogen-bond acceptors (Lipinski definition) is 4. The molecule has 1 saturated heterocycles. The largest absolute Gasteiger partial charge is 0.420 e. The average Bonchev–Trinajstić information content (AvgIpc) is 3.30. The van der Waals surface area contributed by atoms with E-state index in [-0.39, 0.29) is 18.5 Å². The second-order valence-electron chi connectivity index (χ2n) is 6.96. The number of fused-ring (bicyclic) bond motifs is 1. The summed E-state index contributed by atoms with van der Waals surface area (Å²) in [6, 6.07) is 17.0. The summed E-state index contributed by atoms with van der Waals surface area (Å²) >= 11 is 0. The fourth-order valence-corrected chi connectivity index (χ4v) is 3.69. The van der Waals surface area contributed by atoms with Crippen LogP contribution in [0.15, 0.2) is 63.8 Å². The SMILES string of the molecule is O=C(Cn1c(=O)oc2ccccc21)NC(CN1CCCC1)c1ccccc1. The average molecular weight is 365 g/mol. The van der Waals surface area contributed by atoms with E-state index in [0.717, 1.165) is 25.2 Å². The van der Waals surface area contributed by atoms with Gasteiger partial charge in [0, 0.05) is 6.54 Å². The van der Waals surface area contributed by atoms with Crippen molar-refractivity contribution in [3.8, 4) is 0 Å². The number of carbonyl (C=O) groups is 1. The molecule has 3 aromatic rings. The van der Waals surface area contributed by atoms with Crippen molar-refractivity contribution in [2.24, 2.45) is 0 Å². The molecule has 4 rings (SSSR count). The van der Waals surface area contributed by atoms with E-state index in [9.17, 15) is 9.59 Å². The molecule has 1 aliphatic rings. The van der Waals surface area contributed by atoms with E-state index in [1.54, 1.807) is 18.2 Å². The first kappa shape index (κ1) is 17.5. The highest BCUT2D eigenvalue weighted by Gasteiger charge is 2.21. The second-order valence-corrected chi connectivity index (χ2v) is 6.96. The smallest absolute Gasteiger partial charge is 0.408 e. The minimum absolute atomic E-state index is 0.0564. The zero-order chi connectivity index (χ0) is 18.6. The molecule has 0 radical (unpaired) electrons. The van der Waals surface area contributed by atoms with Gasteiger partial charge in [-0.25, -0.2) is 4.79 Å². The molecular weight excluding hydrogens is 342 g/mol. The van der Waals surface area contributed by atoms with E-state index in [1.165, 1.54) is 17.4 Å². The molecule has 1 unspecified atom stereocenters. The fraction of sp³-hybridized carbons (Fsp3) is 0.333. The summed E-state index contributed by atoms with van der Waals surface area (Å²) in [5.41, 5.74) is 2.20. The summed E-state index contributed by atoms with van der Waals surface area (Å²) in [5, 5.41) is 3.11. The van der Waals surface area contributed by atoms with Gasteiger partial charge in [0.25, 0.3) is 0 Å². The molecule has 1 N–H and O–H groups in total. The van der Waals surface area contributed by atoms with Gasteiger partial charge >= 0.3 is 5.76 Å². The molecule has 27 heavy (non-hydrogen) atoms. The fourth-order valence-electron chi connectivity index (χ4n) is 3.69. The Labute approximate surface area is 157 Å². The molecule has 1 fully saturated rings. The number of nitrogens with one attached hydrogen (secondary N) is 1. The van der Waals surface area contributed by atoms with Gasteiger partial charge in [-0.05, 0) is 43.6 Å². The van der Waals surface area contributed by atoms with Crippen LogP contribution in [-0.4, -0.2) is 35.0 Å². The Morgan fingerprint density at radius 2 is 1.74 bits per heavy atom. The van der Waals surface area contributed by atoms with Crippen molar-refractivity contribution in [2.45, 2.75) is 25.4 Å². The van der Waals surface area contributed by atoms with E-state index in [1.807, 2.05) is 36.4 Å². The van der Waals surface area contributed by atoms with Crippen LogP contribution < -0.4 is 11.1 Å². The number of oxazole rings is 1. The van der Waals surface area contributed by atoms with Crippen molar-refractivity contribution in [1.29, 1.82) is 0 Å². The Hall–Kier alpha value is -2.86. The van der Waals surface area contributed by atoms with Crippen LogP contribution in [0.3, 0.4) is 0 Å². The quantitative estimate of drug-likeness (QED) is 0.729. The summed E-state index contributed by atoms with van der Waals surface area (Å²) in [4.78, 5) is 27.2. The van der Waals surface area contributed by atoms with Crippen LogP contribution in [0.2, 0.25) is 0 Å². The molecule has 2 heterocycles. The number of benzene rings is 2. The first-order valence-corrected chi connectivity index (χ1v) is 9.36. The second kappa shape index (κ2) is 7.80. The standard InChI is InChI=1S/C21H23N3O3/c25-20(15-24-18-10-4-5-11-19(18)27-21(24)26)22-17(14-23-12-6-7-13-23)16-8-2-1-3-9-16/h1-5,8-11,17H,6-7,12-15H2,(H,22,25). The molecule has 0 bridgehead atoms. The van der Waals surface area contributed by atoms with Crippen molar-refractivity contribution in [2.75, 3.05) is 19.6 Å². The van der Waals surface area contributed by atoms with Crippen LogP contribution >= 0.6 is 0 Å². The first-order valence-electron chi connectivity index (χ1n) is 9.36. The first-order chi connectivity index (χ1) is 13.2. The van der Waals surface area contributed by atoms with Gasteiger partial charge in [-0.15, -0.1) is 0 Å². The molecule has 6 heteroatoms. The molecule has 0 spiro atoms. The third-order valence-electron chi connectivity index (χ3n) is 5.05. The third-order valence-corrected chi connectivity index (χ3v) is 5.05. The summed E-state index contributed by atoms with van der Waals surface area (Å²) < 4.78 is 6.59. The molecule has 2 aromatic carbocycles. The minimum atomic E-state index is -0.512. The van der Waals surface area contributed by atoms with Crippen LogP contribution in [0.5, 0.6) is 0 Å². The highest BCUT2D eigenvalue weighted by molar-refractivity contribution is 5.79. The number of rotatable bonds is 6. The number of carbonyl (C=O) groups excluding carboxylic acids is 1. The summed E-state index contributed by atoms with van der Waals surface area (Å²) in [6.45, 7) is 2.84. The third kappa shape index (κ3) is 3.95. The zero-order valence-electron chi connectivity index (χ0n) is 15.1. The predicted octanol–water partition coefficient (Wildman–Crippen LogP) is 2.55. The molecule has 1 aromatic heterocycles. The van der Waals surface area contributed by atoms with E-state index in [0.29, 0.717) is 11.1 Å². The minimum Gasteiger partial charge on any atom is -0.408 e. The molecule has 0 saturated carbocycles. The lowest BCUT2D eigenvalue weighted by Gasteiger charge is -2.25. The Bertz CT molecular complexity index is 971. The number of para-hydroxylation sites is 2. The van der Waals surface area contributed by atoms with Crippen LogP contribution in [-0.2, 0) is 11.3 Å². The van der Waals surface area contributed by atoms with Gasteiger partial charge in [0.2, 0.25) is 5.91 Å². The summed E-state index contributed by atoms with van der Waals surface area (Å²) in [7, 11) is 0. The monoisotopic (exact) mass is 365 g/mol. The molecule has 1 atom stereocenters. The molecule has 0 aliphatic carbocycles. The predicted molar refractivity (Wildman–Crippen MR) is 103 cm³/mol. The van der Waals surface area contributed by atoms with Gasteiger partial charge in [0.15, 0.2) is 5.58 Å². The number of hydrogen-bond donors (Lipinski definition) is 1. The van der Waals surface area contributed by atoms with Gasteiger partial charge in [-0.3, -0.25) is 9.36 Å². The van der Waals surface area contributed by atoms with Crippen molar-refractivity contribution in [3.05, 3.63) is 70.7 Å². The van der Waals surface area contributed by atoms with Gasteiger partial charge < -0.3 is 14.6 Å². The normalized spacial score (nSPS) is 15.9. The van der Waals surface area contributed by atoms with Crippen LogP contribution in [0.4, 0.5) is 0 Å². The van der Waals surface area contributed by atoms with Gasteiger partial charge in [-0.1, -0.05) is 42.5 Å². The summed E-state index contributed by atoms with van der Waals surface area (Å²) in [5.74, 6) is -0.709. The Morgan fingerprint density at radius 1 is 1.04 bits per heavy atom. The van der Waals surface area contributed by atoms with E-state index >= 15 is 0 Å². The maximum Gasteiger partial charge on any atom is 0.420 e. The Balaban J connectivity index is 1.52. The molecular formula is C21H23N3O3. The number of amides is 1. The lowest BCUT2D eigenvalue weighted by Crippen LogP contribution is -2.39. The topological polar surface area (TPSA) is 67.5 Å². The highest BCUT2D eigenvalue weighted by atomic mass is 16.4. The van der Waals surface area contributed by atoms with E-state index in [2.05, 4.69) is 10.2 Å². The van der Waals surface area contributed by atoms with E-state index < -0.39 is 5.76 Å². The molecule has 140 valence electrons. The van der Waals surface area contributed by atoms with Gasteiger partial charge in [0.1, 0.15) is 6.54 Å². The number of likely N-dealkylation sites (tertiary alicyclic amines) is 1. The van der Waals surface area contributed by atoms with Crippen LogP contribution in [0, 0.1) is 0 Å². The Morgan fingerprint density at radius 3 is 2.52 bits per heavy atom. The van der Waals surface area contributed by atoms with E-state index in [4.69, 9.17) is 4.42 Å². The van der Waals surface area contributed by atoms with Crippen LogP contribution in [0.1, 0.15) is 24.4 Å². The lowest BCUT2D eigenvalue weighted by atomic mass is 10.1. The van der Waals surface area contributed by atoms with Gasteiger partial charge in [-0.2, -0.15) is 0 Å². The lowest BCUT2D eigenvalue weighted by molar-refractivity contribution is -0.122. The maximum atomic E-state index is 12.7. The molecule has 1 amide bonds. The van der Waals surface area contributed by atoms with Crippen molar-refractivity contribution < 1.29 is 9.21 Å². The maximum absolute atomic E-state index is 12.7. The number of aromatic nitrogens is 1.